The largest absolute Gasteiger partial charge is 0.387 e. The van der Waals surface area contributed by atoms with Crippen LogP contribution in [0.4, 0.5) is 5.82 Å². The van der Waals surface area contributed by atoms with E-state index in [0.717, 1.165) is 31.2 Å². The van der Waals surface area contributed by atoms with Crippen LogP contribution < -0.4 is 4.90 Å². The number of carbonyl (C=O) groups is 1. The van der Waals surface area contributed by atoms with E-state index in [2.05, 4.69) is 9.97 Å². The second kappa shape index (κ2) is 6.87. The molecule has 1 saturated heterocycles. The normalized spacial score (nSPS) is 20.8. The van der Waals surface area contributed by atoms with Crippen LogP contribution >= 0.6 is 0 Å². The highest BCUT2D eigenvalue weighted by Crippen LogP contribution is 2.40. The lowest BCUT2D eigenvalue weighted by atomic mass is 10.1. The van der Waals surface area contributed by atoms with Gasteiger partial charge < -0.3 is 14.9 Å². The maximum absolute atomic E-state index is 11.9. The van der Waals surface area contributed by atoms with Crippen molar-refractivity contribution < 1.29 is 18.3 Å². The van der Waals surface area contributed by atoms with Gasteiger partial charge in [0.2, 0.25) is 20.9 Å². The summed E-state index contributed by atoms with van der Waals surface area (Å²) < 4.78 is 23.8. The molecular weight excluding hydrogens is 344 g/mol. The standard InChI is InChI=1S/C16H24N4O4S/c1-19(8-11-5-6-20(9-11)15(22)10-21)14-7-13(12-3-4-12)17-16(18-14)25(2,23)24/h7,11-12,21H,3-6,8-10H2,1-2H3. The molecule has 8 nitrogen and oxygen atoms in total. The maximum atomic E-state index is 11.9. The van der Waals surface area contributed by atoms with Crippen molar-refractivity contribution in [2.45, 2.75) is 30.3 Å². The Morgan fingerprint density at radius 2 is 2.08 bits per heavy atom. The topological polar surface area (TPSA) is 104 Å². The molecule has 1 amide bonds. The third kappa shape index (κ3) is 4.27. The Balaban J connectivity index is 1.74. The number of nitrogens with zero attached hydrogens (tertiary/aromatic N) is 4. The molecule has 0 aromatic carbocycles. The summed E-state index contributed by atoms with van der Waals surface area (Å²) in [5.41, 5.74) is 0.792. The van der Waals surface area contributed by atoms with Crippen molar-refractivity contribution in [1.29, 1.82) is 0 Å². The highest BCUT2D eigenvalue weighted by atomic mass is 32.2. The molecule has 0 bridgehead atoms. The van der Waals surface area contributed by atoms with Gasteiger partial charge in [0.15, 0.2) is 0 Å². The molecule has 1 saturated carbocycles. The zero-order chi connectivity index (χ0) is 18.2. The zero-order valence-corrected chi connectivity index (χ0v) is 15.4. The molecule has 25 heavy (non-hydrogen) atoms. The van der Waals surface area contributed by atoms with Crippen LogP contribution in [0, 0.1) is 5.92 Å². The summed E-state index contributed by atoms with van der Waals surface area (Å²) in [6.45, 7) is 1.45. The second-order valence-electron chi connectivity index (χ2n) is 7.01. The third-order valence-corrected chi connectivity index (χ3v) is 5.58. The van der Waals surface area contributed by atoms with Gasteiger partial charge in [0.1, 0.15) is 12.4 Å². The highest BCUT2D eigenvalue weighted by Gasteiger charge is 2.30. The molecule has 1 aliphatic carbocycles. The van der Waals surface area contributed by atoms with Crippen molar-refractivity contribution in [2.75, 3.05) is 44.4 Å². The van der Waals surface area contributed by atoms with Gasteiger partial charge >= 0.3 is 0 Å². The van der Waals surface area contributed by atoms with Crippen LogP contribution in [-0.4, -0.2) is 73.8 Å². The Hall–Kier alpha value is -1.74. The van der Waals surface area contributed by atoms with Gasteiger partial charge in [-0.3, -0.25) is 4.79 Å². The molecule has 1 atom stereocenters. The van der Waals surface area contributed by atoms with Gasteiger partial charge in [-0.25, -0.2) is 18.4 Å². The molecule has 3 rings (SSSR count). The molecular formula is C16H24N4O4S. The summed E-state index contributed by atoms with van der Waals surface area (Å²) in [6.07, 6.45) is 4.04. The fraction of sp³-hybridized carbons (Fsp3) is 0.688. The van der Waals surface area contributed by atoms with Crippen molar-refractivity contribution in [1.82, 2.24) is 14.9 Å². The van der Waals surface area contributed by atoms with E-state index in [4.69, 9.17) is 5.11 Å². The van der Waals surface area contributed by atoms with Gasteiger partial charge in [-0.05, 0) is 25.2 Å². The number of sulfone groups is 1. The van der Waals surface area contributed by atoms with E-state index in [1.807, 2.05) is 18.0 Å². The van der Waals surface area contributed by atoms with Crippen LogP contribution in [0.5, 0.6) is 0 Å². The summed E-state index contributed by atoms with van der Waals surface area (Å²) in [7, 11) is -1.59. The predicted molar refractivity (Wildman–Crippen MR) is 92.2 cm³/mol. The first-order valence-electron chi connectivity index (χ1n) is 8.46. The van der Waals surface area contributed by atoms with Crippen molar-refractivity contribution in [3.05, 3.63) is 11.8 Å². The first-order valence-corrected chi connectivity index (χ1v) is 10.4. The van der Waals surface area contributed by atoms with Crippen LogP contribution in [0.3, 0.4) is 0 Å². The van der Waals surface area contributed by atoms with E-state index in [0.29, 0.717) is 31.4 Å². The lowest BCUT2D eigenvalue weighted by molar-refractivity contribution is -0.133. The molecule has 138 valence electrons. The Kier molecular flexibility index (Phi) is 4.97. The van der Waals surface area contributed by atoms with Gasteiger partial charge in [0.05, 0.1) is 5.69 Å². The van der Waals surface area contributed by atoms with Crippen LogP contribution in [0.1, 0.15) is 30.9 Å². The average molecular weight is 368 g/mol. The summed E-state index contributed by atoms with van der Waals surface area (Å²) in [5.74, 6) is 0.952. The molecule has 0 radical (unpaired) electrons. The number of hydrogen-bond acceptors (Lipinski definition) is 7. The van der Waals surface area contributed by atoms with Crippen molar-refractivity contribution in [3.63, 3.8) is 0 Å². The van der Waals surface area contributed by atoms with Crippen molar-refractivity contribution in [3.8, 4) is 0 Å². The maximum Gasteiger partial charge on any atom is 0.248 e. The number of anilines is 1. The first-order chi connectivity index (χ1) is 11.8. The minimum Gasteiger partial charge on any atom is -0.387 e. The van der Waals surface area contributed by atoms with Crippen molar-refractivity contribution in [2.24, 2.45) is 5.92 Å². The van der Waals surface area contributed by atoms with Crippen LogP contribution in [0.15, 0.2) is 11.2 Å². The van der Waals surface area contributed by atoms with E-state index < -0.39 is 16.4 Å². The number of aliphatic hydroxyl groups excluding tert-OH is 1. The molecule has 1 aromatic heterocycles. The van der Waals surface area contributed by atoms with Crippen LogP contribution in [-0.2, 0) is 14.6 Å². The van der Waals surface area contributed by atoms with Crippen LogP contribution in [0.2, 0.25) is 0 Å². The minimum atomic E-state index is -3.47. The van der Waals surface area contributed by atoms with E-state index in [1.54, 1.807) is 4.90 Å². The molecule has 1 N–H and O–H groups in total. The van der Waals surface area contributed by atoms with Gasteiger partial charge in [0.25, 0.3) is 0 Å². The number of hydrogen-bond donors (Lipinski definition) is 1. The number of aromatic nitrogens is 2. The number of aliphatic hydroxyl groups is 1. The molecule has 9 heteroatoms. The number of carbonyl (C=O) groups excluding carboxylic acids is 1. The molecule has 1 aliphatic heterocycles. The first kappa shape index (κ1) is 18.1. The highest BCUT2D eigenvalue weighted by molar-refractivity contribution is 7.90. The number of amides is 1. The number of likely N-dealkylation sites (tertiary alicyclic amines) is 1. The Labute approximate surface area is 147 Å². The Morgan fingerprint density at radius 3 is 2.68 bits per heavy atom. The summed E-state index contributed by atoms with van der Waals surface area (Å²) in [4.78, 5) is 23.6. The molecule has 0 spiro atoms. The summed E-state index contributed by atoms with van der Waals surface area (Å²) in [5, 5.41) is 8.84. The van der Waals surface area contributed by atoms with E-state index in [9.17, 15) is 13.2 Å². The smallest absolute Gasteiger partial charge is 0.248 e. The van der Waals surface area contributed by atoms with Gasteiger partial charge in [0, 0.05) is 44.9 Å². The Bertz CT molecular complexity index is 763. The van der Waals surface area contributed by atoms with E-state index >= 15 is 0 Å². The third-order valence-electron chi connectivity index (χ3n) is 4.74. The van der Waals surface area contributed by atoms with Crippen molar-refractivity contribution >= 4 is 21.6 Å². The van der Waals surface area contributed by atoms with Crippen LogP contribution in [0.25, 0.3) is 0 Å². The quantitative estimate of drug-likeness (QED) is 0.707. The Morgan fingerprint density at radius 1 is 1.36 bits per heavy atom. The fourth-order valence-electron chi connectivity index (χ4n) is 3.17. The fourth-order valence-corrected chi connectivity index (χ4v) is 3.70. The van der Waals surface area contributed by atoms with E-state index in [-0.39, 0.29) is 17.0 Å². The average Bonchev–Trinajstić information content (AvgIpc) is 3.32. The second-order valence-corrected chi connectivity index (χ2v) is 8.92. The molecule has 1 aromatic rings. The molecule has 2 aliphatic rings. The predicted octanol–water partition coefficient (Wildman–Crippen LogP) is 0.0345. The number of rotatable bonds is 6. The zero-order valence-electron chi connectivity index (χ0n) is 14.6. The monoisotopic (exact) mass is 368 g/mol. The lowest BCUT2D eigenvalue weighted by Gasteiger charge is -2.23. The lowest BCUT2D eigenvalue weighted by Crippen LogP contribution is -2.33. The van der Waals surface area contributed by atoms with Gasteiger partial charge in [-0.1, -0.05) is 0 Å². The molecule has 1 unspecified atom stereocenters. The van der Waals surface area contributed by atoms with E-state index in [1.165, 1.54) is 0 Å². The van der Waals surface area contributed by atoms with Gasteiger partial charge in [-0.15, -0.1) is 0 Å². The summed E-state index contributed by atoms with van der Waals surface area (Å²) in [6, 6.07) is 1.87. The molecule has 2 fully saturated rings. The van der Waals surface area contributed by atoms with Gasteiger partial charge in [-0.2, -0.15) is 0 Å². The SMILES string of the molecule is CN(CC1CCN(C(=O)CO)C1)c1cc(C2CC2)nc(S(C)(=O)=O)n1. The summed E-state index contributed by atoms with van der Waals surface area (Å²) >= 11 is 0. The molecule has 2 heterocycles. The minimum absolute atomic E-state index is 0.123.